The number of ether oxygens (including phenoxy) is 2. The molecule has 7 nitrogen and oxygen atoms in total. The molecule has 2 aliphatic heterocycles. The Bertz CT molecular complexity index is 964. The van der Waals surface area contributed by atoms with Crippen LogP contribution in [-0.2, 0) is 25.7 Å². The number of nitrogens with zero attached hydrogens (tertiary/aromatic N) is 3. The molecule has 1 aromatic carbocycles. The highest BCUT2D eigenvalue weighted by atomic mass is 16.5. The van der Waals surface area contributed by atoms with Crippen molar-refractivity contribution in [2.75, 3.05) is 39.4 Å². The van der Waals surface area contributed by atoms with E-state index in [1.165, 1.54) is 5.56 Å². The molecular formula is C27H33N3O4. The van der Waals surface area contributed by atoms with Crippen LogP contribution < -0.4 is 0 Å². The van der Waals surface area contributed by atoms with Crippen LogP contribution in [-0.4, -0.2) is 72.1 Å². The molecule has 0 unspecified atom stereocenters. The molecule has 0 N–H and O–H groups in total. The van der Waals surface area contributed by atoms with Crippen molar-refractivity contribution < 1.29 is 19.1 Å². The Morgan fingerprint density at radius 3 is 2.68 bits per heavy atom. The molecule has 1 saturated carbocycles. The van der Waals surface area contributed by atoms with Gasteiger partial charge in [0.15, 0.2) is 0 Å². The first-order chi connectivity index (χ1) is 16.7. The number of benzene rings is 1. The maximum atomic E-state index is 13.4. The Morgan fingerprint density at radius 2 is 1.91 bits per heavy atom. The van der Waals surface area contributed by atoms with Gasteiger partial charge in [0.05, 0.1) is 19.3 Å². The van der Waals surface area contributed by atoms with E-state index in [1.807, 2.05) is 35.2 Å². The summed E-state index contributed by atoms with van der Waals surface area (Å²) in [5.74, 6) is 0.732. The van der Waals surface area contributed by atoms with Crippen LogP contribution in [0.25, 0.3) is 0 Å². The summed E-state index contributed by atoms with van der Waals surface area (Å²) in [5.41, 5.74) is 2.19. The van der Waals surface area contributed by atoms with E-state index in [2.05, 4.69) is 17.1 Å². The smallest absolute Gasteiger partial charge is 0.242 e. The normalized spacial score (nSPS) is 25.8. The molecule has 3 heterocycles. The second-order valence-corrected chi connectivity index (χ2v) is 9.73. The van der Waals surface area contributed by atoms with Gasteiger partial charge >= 0.3 is 0 Å². The molecule has 0 radical (unpaired) electrons. The molecule has 7 heteroatoms. The number of hydrogen-bond acceptors (Lipinski definition) is 5. The van der Waals surface area contributed by atoms with E-state index in [0.29, 0.717) is 32.2 Å². The van der Waals surface area contributed by atoms with Gasteiger partial charge in [-0.3, -0.25) is 14.6 Å². The topological polar surface area (TPSA) is 72.0 Å². The van der Waals surface area contributed by atoms with Crippen molar-refractivity contribution in [2.45, 2.75) is 37.9 Å². The maximum Gasteiger partial charge on any atom is 0.242 e. The van der Waals surface area contributed by atoms with E-state index in [-0.39, 0.29) is 36.3 Å². The quantitative estimate of drug-likeness (QED) is 0.632. The average Bonchev–Trinajstić information content (AvgIpc) is 3.70. The third kappa shape index (κ3) is 5.65. The molecule has 180 valence electrons. The summed E-state index contributed by atoms with van der Waals surface area (Å²) in [4.78, 5) is 34.5. The molecule has 1 aromatic heterocycles. The fourth-order valence-corrected chi connectivity index (χ4v) is 5.14. The highest BCUT2D eigenvalue weighted by Crippen LogP contribution is 2.48. The molecule has 5 rings (SSSR count). The summed E-state index contributed by atoms with van der Waals surface area (Å²) in [7, 11) is 0. The Hall–Kier alpha value is -2.77. The SMILES string of the molecule is O=C1CN(C(=O)[C@@H]2C[C@H]2c2ccccc2)C[C@H](OCc2cccnc2)CN1CC1CCOCC1. The summed E-state index contributed by atoms with van der Waals surface area (Å²) in [6, 6.07) is 14.1. The zero-order valence-corrected chi connectivity index (χ0v) is 19.6. The van der Waals surface area contributed by atoms with Crippen LogP contribution in [0, 0.1) is 11.8 Å². The molecule has 3 aliphatic rings. The molecule has 0 bridgehead atoms. The Kier molecular flexibility index (Phi) is 7.21. The lowest BCUT2D eigenvalue weighted by Gasteiger charge is -2.30. The maximum absolute atomic E-state index is 13.4. The summed E-state index contributed by atoms with van der Waals surface area (Å²) >= 11 is 0. The first-order valence-corrected chi connectivity index (χ1v) is 12.4. The van der Waals surface area contributed by atoms with Gasteiger partial charge < -0.3 is 19.3 Å². The molecule has 3 atom stereocenters. The monoisotopic (exact) mass is 463 g/mol. The van der Waals surface area contributed by atoms with Crippen molar-refractivity contribution in [1.82, 2.24) is 14.8 Å². The second-order valence-electron chi connectivity index (χ2n) is 9.73. The Balaban J connectivity index is 1.27. The average molecular weight is 464 g/mol. The lowest BCUT2D eigenvalue weighted by atomic mass is 9.99. The van der Waals surface area contributed by atoms with Gasteiger partial charge in [-0.1, -0.05) is 36.4 Å². The van der Waals surface area contributed by atoms with Crippen LogP contribution in [0.1, 0.15) is 36.3 Å². The summed E-state index contributed by atoms with van der Waals surface area (Å²) in [6.45, 7) is 3.69. The van der Waals surface area contributed by atoms with Crippen molar-refractivity contribution >= 4 is 11.8 Å². The molecule has 2 saturated heterocycles. The fraction of sp³-hybridized carbons (Fsp3) is 0.519. The molecule has 34 heavy (non-hydrogen) atoms. The summed E-state index contributed by atoms with van der Waals surface area (Å²) < 4.78 is 11.7. The van der Waals surface area contributed by atoms with Gasteiger partial charge in [-0.25, -0.2) is 0 Å². The molecule has 3 fully saturated rings. The number of aromatic nitrogens is 1. The molecule has 2 aromatic rings. The lowest BCUT2D eigenvalue weighted by Crippen LogP contribution is -2.42. The van der Waals surface area contributed by atoms with Crippen molar-refractivity contribution in [2.24, 2.45) is 11.8 Å². The largest absolute Gasteiger partial charge is 0.381 e. The summed E-state index contributed by atoms with van der Waals surface area (Å²) in [6.07, 6.45) is 6.08. The van der Waals surface area contributed by atoms with Gasteiger partial charge in [0.2, 0.25) is 11.8 Å². The van der Waals surface area contributed by atoms with Crippen molar-refractivity contribution in [1.29, 1.82) is 0 Å². The minimum absolute atomic E-state index is 0.0178. The van der Waals surface area contributed by atoms with Gasteiger partial charge in [-0.05, 0) is 48.3 Å². The first-order valence-electron chi connectivity index (χ1n) is 12.4. The predicted molar refractivity (Wildman–Crippen MR) is 127 cm³/mol. The molecule has 2 amide bonds. The van der Waals surface area contributed by atoms with Gasteiger partial charge in [-0.15, -0.1) is 0 Å². The Morgan fingerprint density at radius 1 is 1.09 bits per heavy atom. The van der Waals surface area contributed by atoms with E-state index < -0.39 is 0 Å². The van der Waals surface area contributed by atoms with Crippen LogP contribution in [0.5, 0.6) is 0 Å². The summed E-state index contributed by atoms with van der Waals surface area (Å²) in [5, 5.41) is 0. The Labute approximate surface area is 201 Å². The molecular weight excluding hydrogens is 430 g/mol. The number of rotatable bonds is 7. The minimum Gasteiger partial charge on any atom is -0.381 e. The minimum atomic E-state index is -0.232. The van der Waals surface area contributed by atoms with Crippen LogP contribution in [0.3, 0.4) is 0 Å². The predicted octanol–water partition coefficient (Wildman–Crippen LogP) is 2.87. The van der Waals surface area contributed by atoms with Gasteiger partial charge in [-0.2, -0.15) is 0 Å². The first kappa shape index (κ1) is 23.0. The third-order valence-corrected chi connectivity index (χ3v) is 7.20. The van der Waals surface area contributed by atoms with E-state index in [4.69, 9.17) is 9.47 Å². The number of hydrogen-bond donors (Lipinski definition) is 0. The zero-order chi connectivity index (χ0) is 23.3. The van der Waals surface area contributed by atoms with E-state index in [1.54, 1.807) is 17.3 Å². The van der Waals surface area contributed by atoms with Crippen molar-refractivity contribution in [3.63, 3.8) is 0 Å². The lowest BCUT2D eigenvalue weighted by molar-refractivity contribution is -0.140. The van der Waals surface area contributed by atoms with Gasteiger partial charge in [0.25, 0.3) is 0 Å². The second kappa shape index (κ2) is 10.7. The number of carbonyl (C=O) groups is 2. The van der Waals surface area contributed by atoms with Crippen LogP contribution in [0.15, 0.2) is 54.9 Å². The van der Waals surface area contributed by atoms with Crippen LogP contribution >= 0.6 is 0 Å². The van der Waals surface area contributed by atoms with Gasteiger partial charge in [0, 0.05) is 51.2 Å². The van der Waals surface area contributed by atoms with E-state index >= 15 is 0 Å². The van der Waals surface area contributed by atoms with Crippen LogP contribution in [0.2, 0.25) is 0 Å². The van der Waals surface area contributed by atoms with Crippen LogP contribution in [0.4, 0.5) is 0 Å². The zero-order valence-electron chi connectivity index (χ0n) is 19.6. The van der Waals surface area contributed by atoms with Gasteiger partial charge in [0.1, 0.15) is 0 Å². The fourth-order valence-electron chi connectivity index (χ4n) is 5.14. The van der Waals surface area contributed by atoms with E-state index in [0.717, 1.165) is 38.0 Å². The third-order valence-electron chi connectivity index (χ3n) is 7.20. The van der Waals surface area contributed by atoms with E-state index in [9.17, 15) is 9.59 Å². The molecule has 1 aliphatic carbocycles. The van der Waals surface area contributed by atoms with Crippen molar-refractivity contribution in [3.8, 4) is 0 Å². The van der Waals surface area contributed by atoms with Crippen molar-refractivity contribution in [3.05, 3.63) is 66.0 Å². The highest BCUT2D eigenvalue weighted by molar-refractivity contribution is 5.88. The number of pyridine rings is 1. The number of carbonyl (C=O) groups excluding carboxylic acids is 2. The molecule has 0 spiro atoms. The highest BCUT2D eigenvalue weighted by Gasteiger charge is 2.47. The standard InChI is InChI=1S/C27H33N3O4/c31-26-18-30(27(32)25-13-24(25)22-6-2-1-3-7-22)17-23(34-19-21-5-4-10-28-14-21)16-29(26)15-20-8-11-33-12-9-20/h1-7,10,14,20,23-25H,8-9,11-13,15-19H2/t23-,24+,25-/m1/s1. The number of amides is 2.